The summed E-state index contributed by atoms with van der Waals surface area (Å²) in [6.07, 6.45) is 0. The van der Waals surface area contributed by atoms with Gasteiger partial charge in [0.2, 0.25) is 0 Å². The molecular formula is C12H9N5O2S. The van der Waals surface area contributed by atoms with E-state index in [0.29, 0.717) is 10.7 Å². The van der Waals surface area contributed by atoms with E-state index in [0.717, 1.165) is 10.2 Å². The van der Waals surface area contributed by atoms with Gasteiger partial charge in [-0.1, -0.05) is 11.3 Å². The maximum atomic E-state index is 12.1. The summed E-state index contributed by atoms with van der Waals surface area (Å²) >= 11 is 1.32. The first-order valence-electron chi connectivity index (χ1n) is 5.65. The predicted octanol–water partition coefficient (Wildman–Crippen LogP) is 1.21. The van der Waals surface area contributed by atoms with E-state index in [2.05, 4.69) is 20.5 Å². The van der Waals surface area contributed by atoms with Gasteiger partial charge in [0.15, 0.2) is 10.9 Å². The van der Waals surface area contributed by atoms with Crippen molar-refractivity contribution < 1.29 is 4.79 Å². The number of thiazole rings is 1. The number of amides is 1. The summed E-state index contributed by atoms with van der Waals surface area (Å²) in [5.74, 6) is -0.0445. The smallest absolute Gasteiger partial charge is 0.264 e. The average molecular weight is 287 g/mol. The first-order chi connectivity index (χ1) is 9.61. The number of nitrogens with one attached hydrogen (secondary N) is 2. The molecule has 100 valence electrons. The van der Waals surface area contributed by atoms with Crippen LogP contribution < -0.4 is 16.6 Å². The fourth-order valence-corrected chi connectivity index (χ4v) is 2.46. The third-order valence-corrected chi connectivity index (χ3v) is 3.44. The molecule has 7 nitrogen and oxygen atoms in total. The third-order valence-electron chi connectivity index (χ3n) is 2.59. The Bertz CT molecular complexity index is 834. The van der Waals surface area contributed by atoms with Gasteiger partial charge in [-0.15, -0.1) is 0 Å². The maximum absolute atomic E-state index is 12.1. The SMILES string of the molecule is Nc1nc2ccc(C(=O)Nc3ccc(=O)[nH]n3)cc2s1. The molecule has 1 aromatic carbocycles. The fourth-order valence-electron chi connectivity index (χ4n) is 1.69. The van der Waals surface area contributed by atoms with Crippen LogP contribution in [0.5, 0.6) is 0 Å². The molecule has 0 fully saturated rings. The van der Waals surface area contributed by atoms with Gasteiger partial charge in [-0.3, -0.25) is 9.59 Å². The summed E-state index contributed by atoms with van der Waals surface area (Å²) in [7, 11) is 0. The number of anilines is 2. The number of nitrogens with two attached hydrogens (primary N) is 1. The fraction of sp³-hybridized carbons (Fsp3) is 0. The molecule has 20 heavy (non-hydrogen) atoms. The first-order valence-corrected chi connectivity index (χ1v) is 6.46. The first kappa shape index (κ1) is 12.3. The topological polar surface area (TPSA) is 114 Å². The number of nitrogen functional groups attached to an aromatic ring is 1. The Morgan fingerprint density at radius 2 is 2.15 bits per heavy atom. The lowest BCUT2D eigenvalue weighted by atomic mass is 10.2. The van der Waals surface area contributed by atoms with Crippen LogP contribution in [-0.4, -0.2) is 21.1 Å². The summed E-state index contributed by atoms with van der Waals surface area (Å²) in [6, 6.07) is 7.82. The van der Waals surface area contributed by atoms with Crippen molar-refractivity contribution >= 4 is 38.4 Å². The Balaban J connectivity index is 1.88. The predicted molar refractivity (Wildman–Crippen MR) is 76.8 cm³/mol. The molecular weight excluding hydrogens is 278 g/mol. The molecule has 0 saturated carbocycles. The standard InChI is InChI=1S/C12H9N5O2S/c13-12-14-7-2-1-6(5-8(7)20-12)11(19)15-9-3-4-10(18)17-16-9/h1-5H,(H2,13,14)(H,17,18)(H,15,16,19). The maximum Gasteiger partial charge on any atom is 0.264 e. The number of rotatable bonds is 2. The molecule has 0 aliphatic rings. The van der Waals surface area contributed by atoms with Gasteiger partial charge in [-0.2, -0.15) is 5.10 Å². The van der Waals surface area contributed by atoms with Gasteiger partial charge in [-0.25, -0.2) is 10.1 Å². The molecule has 1 amide bonds. The molecule has 0 spiro atoms. The van der Waals surface area contributed by atoms with Gasteiger partial charge >= 0.3 is 0 Å². The average Bonchev–Trinajstić information content (AvgIpc) is 2.80. The number of aromatic nitrogens is 3. The number of H-pyrrole nitrogens is 1. The molecule has 0 unspecified atom stereocenters. The van der Waals surface area contributed by atoms with Crippen LogP contribution in [0.4, 0.5) is 10.9 Å². The molecule has 3 rings (SSSR count). The Labute approximate surface area is 116 Å². The van der Waals surface area contributed by atoms with Crippen molar-refractivity contribution in [3.05, 3.63) is 46.2 Å². The van der Waals surface area contributed by atoms with E-state index in [-0.39, 0.29) is 17.3 Å². The van der Waals surface area contributed by atoms with Crippen LogP contribution in [0.1, 0.15) is 10.4 Å². The van der Waals surface area contributed by atoms with E-state index in [9.17, 15) is 9.59 Å². The summed E-state index contributed by atoms with van der Waals surface area (Å²) < 4.78 is 0.838. The highest BCUT2D eigenvalue weighted by molar-refractivity contribution is 7.22. The molecule has 8 heteroatoms. The lowest BCUT2D eigenvalue weighted by molar-refractivity contribution is 0.102. The van der Waals surface area contributed by atoms with E-state index >= 15 is 0 Å². The molecule has 4 N–H and O–H groups in total. The monoisotopic (exact) mass is 287 g/mol. The number of aromatic amines is 1. The van der Waals surface area contributed by atoms with Crippen molar-refractivity contribution in [2.24, 2.45) is 0 Å². The van der Waals surface area contributed by atoms with Crippen molar-refractivity contribution in [2.45, 2.75) is 0 Å². The zero-order valence-corrected chi connectivity index (χ0v) is 10.9. The molecule has 0 radical (unpaired) electrons. The molecule has 0 aliphatic carbocycles. The Kier molecular flexibility index (Phi) is 2.92. The molecule has 0 atom stereocenters. The van der Waals surface area contributed by atoms with Gasteiger partial charge in [-0.05, 0) is 24.3 Å². The minimum absolute atomic E-state index is 0.276. The number of benzene rings is 1. The van der Waals surface area contributed by atoms with Gasteiger partial charge in [0.05, 0.1) is 10.2 Å². The second kappa shape index (κ2) is 4.74. The Morgan fingerprint density at radius 1 is 1.30 bits per heavy atom. The highest BCUT2D eigenvalue weighted by Crippen LogP contribution is 2.24. The Hall–Kier alpha value is -2.74. The number of hydrogen-bond acceptors (Lipinski definition) is 6. The third kappa shape index (κ3) is 2.36. The number of nitrogens with zero attached hydrogens (tertiary/aromatic N) is 2. The summed E-state index contributed by atoms with van der Waals surface area (Å²) in [4.78, 5) is 27.1. The second-order valence-electron chi connectivity index (χ2n) is 4.00. The van der Waals surface area contributed by atoms with Crippen molar-refractivity contribution in [3.63, 3.8) is 0 Å². The zero-order valence-electron chi connectivity index (χ0n) is 10.1. The lowest BCUT2D eigenvalue weighted by Gasteiger charge is -2.03. The van der Waals surface area contributed by atoms with Gasteiger partial charge in [0.25, 0.3) is 11.5 Å². The number of carbonyl (C=O) groups excluding carboxylic acids is 1. The van der Waals surface area contributed by atoms with Gasteiger partial charge in [0, 0.05) is 11.6 Å². The number of carbonyl (C=O) groups is 1. The zero-order chi connectivity index (χ0) is 14.1. The van der Waals surface area contributed by atoms with Crippen LogP contribution in [-0.2, 0) is 0 Å². The van der Waals surface area contributed by atoms with Crippen LogP contribution in [0.25, 0.3) is 10.2 Å². The highest BCUT2D eigenvalue weighted by Gasteiger charge is 2.09. The van der Waals surface area contributed by atoms with Crippen molar-refractivity contribution in [2.75, 3.05) is 11.1 Å². The molecule has 0 saturated heterocycles. The minimum Gasteiger partial charge on any atom is -0.375 e. The van der Waals surface area contributed by atoms with Crippen LogP contribution in [0.15, 0.2) is 35.1 Å². The molecule has 2 aromatic heterocycles. The Morgan fingerprint density at radius 3 is 2.90 bits per heavy atom. The van der Waals surface area contributed by atoms with Crippen LogP contribution in [0, 0.1) is 0 Å². The van der Waals surface area contributed by atoms with Crippen LogP contribution in [0.2, 0.25) is 0 Å². The normalized spacial score (nSPS) is 10.6. The number of fused-ring (bicyclic) bond motifs is 1. The quantitative estimate of drug-likeness (QED) is 0.655. The highest BCUT2D eigenvalue weighted by atomic mass is 32.1. The van der Waals surface area contributed by atoms with Gasteiger partial charge < -0.3 is 11.1 Å². The summed E-state index contributed by atoms with van der Waals surface area (Å²) in [5, 5.41) is 9.00. The lowest BCUT2D eigenvalue weighted by Crippen LogP contribution is -2.15. The largest absolute Gasteiger partial charge is 0.375 e. The molecule has 3 aromatic rings. The summed E-state index contributed by atoms with van der Waals surface area (Å²) in [5.41, 5.74) is 6.51. The summed E-state index contributed by atoms with van der Waals surface area (Å²) in [6.45, 7) is 0. The molecule has 0 bridgehead atoms. The van der Waals surface area contributed by atoms with E-state index in [1.54, 1.807) is 18.2 Å². The van der Waals surface area contributed by atoms with Crippen LogP contribution in [0.3, 0.4) is 0 Å². The van der Waals surface area contributed by atoms with Crippen molar-refractivity contribution in [3.8, 4) is 0 Å². The van der Waals surface area contributed by atoms with Crippen molar-refractivity contribution in [1.29, 1.82) is 0 Å². The van der Waals surface area contributed by atoms with Crippen LogP contribution >= 0.6 is 11.3 Å². The second-order valence-corrected chi connectivity index (χ2v) is 5.06. The van der Waals surface area contributed by atoms with E-state index in [1.165, 1.54) is 23.5 Å². The van der Waals surface area contributed by atoms with E-state index < -0.39 is 0 Å². The molecule has 2 heterocycles. The van der Waals surface area contributed by atoms with Crippen molar-refractivity contribution in [1.82, 2.24) is 15.2 Å². The molecule has 0 aliphatic heterocycles. The van der Waals surface area contributed by atoms with E-state index in [4.69, 9.17) is 5.73 Å². The van der Waals surface area contributed by atoms with Gasteiger partial charge in [0.1, 0.15) is 0 Å². The van der Waals surface area contributed by atoms with E-state index in [1.807, 2.05) is 0 Å². The number of hydrogen-bond donors (Lipinski definition) is 3. The minimum atomic E-state index is -0.329.